The van der Waals surface area contributed by atoms with Gasteiger partial charge >= 0.3 is 6.18 Å². The Morgan fingerprint density at radius 3 is 1.80 bits per heavy atom. The van der Waals surface area contributed by atoms with Crippen LogP contribution in [0.2, 0.25) is 0 Å². The van der Waals surface area contributed by atoms with E-state index in [0.717, 1.165) is 46.8 Å². The first-order chi connectivity index (χ1) is 46.4. The molecule has 1 spiro atoms. The number of halogens is 5. The number of nitrogens with zero attached hydrogens (tertiary/aromatic N) is 9. The molecule has 3 aliphatic heterocycles. The van der Waals surface area contributed by atoms with E-state index in [2.05, 4.69) is 31.9 Å². The van der Waals surface area contributed by atoms with Gasteiger partial charge in [-0.15, -0.1) is 11.6 Å². The summed E-state index contributed by atoms with van der Waals surface area (Å²) in [6, 6.07) is -8.68. The highest BCUT2D eigenvalue weighted by atomic mass is 79.9. The minimum absolute atomic E-state index is 0.00447. The lowest BCUT2D eigenvalue weighted by molar-refractivity contribution is -0.182. The zero-order chi connectivity index (χ0) is 73.7. The van der Waals surface area contributed by atoms with Gasteiger partial charge in [0.15, 0.2) is 0 Å². The van der Waals surface area contributed by atoms with E-state index < -0.39 is 174 Å². The van der Waals surface area contributed by atoms with Gasteiger partial charge in [0.25, 0.3) is 0 Å². The molecule has 3 unspecified atom stereocenters. The van der Waals surface area contributed by atoms with Crippen LogP contribution < -0.4 is 16.0 Å². The number of nitrogens with one attached hydrogen (secondary N) is 3. The minimum Gasteiger partial charge on any atom is -0.343 e. The first-order valence-electron chi connectivity index (χ1n) is 36.1. The maximum atomic E-state index is 15.4. The van der Waals surface area contributed by atoms with Gasteiger partial charge in [0.2, 0.25) is 70.9 Å². The van der Waals surface area contributed by atoms with E-state index in [-0.39, 0.29) is 93.3 Å². The molecule has 3 saturated heterocycles. The molecule has 6 aliphatic rings. The first kappa shape index (κ1) is 82.2. The van der Waals surface area contributed by atoms with Crippen LogP contribution in [-0.4, -0.2) is 268 Å². The second-order valence-electron chi connectivity index (χ2n) is 30.2. The lowest BCUT2D eigenvalue weighted by Crippen LogP contribution is -2.65. The van der Waals surface area contributed by atoms with Crippen molar-refractivity contribution in [3.05, 3.63) is 0 Å². The Hall–Kier alpha value is -5.80. The Labute approximate surface area is 597 Å². The van der Waals surface area contributed by atoms with Crippen LogP contribution >= 0.6 is 27.5 Å². The third kappa shape index (κ3) is 21.2. The number of hydrogen-bond donors (Lipinski definition) is 3. The van der Waals surface area contributed by atoms with Crippen molar-refractivity contribution < 1.29 is 70.7 Å². The Morgan fingerprint density at radius 2 is 1.21 bits per heavy atom. The van der Waals surface area contributed by atoms with Crippen LogP contribution in [0.5, 0.6) is 0 Å². The van der Waals surface area contributed by atoms with Gasteiger partial charge in [-0.1, -0.05) is 76.7 Å². The maximum Gasteiger partial charge on any atom is 0.393 e. The summed E-state index contributed by atoms with van der Waals surface area (Å²) in [4.78, 5) is 190. The second-order valence-corrected chi connectivity index (χ2v) is 32.1. The molecule has 3 heterocycles. The number of likely N-dealkylation sites (N-methyl/N-ethyl adjacent to an activating group) is 7. The van der Waals surface area contributed by atoms with Crippen molar-refractivity contribution in [3.63, 3.8) is 0 Å². The molecule has 11 atom stereocenters. The van der Waals surface area contributed by atoms with Crippen LogP contribution in [0.4, 0.5) is 13.2 Å². The van der Waals surface area contributed by atoms with Crippen molar-refractivity contribution in [1.82, 2.24) is 60.0 Å². The molecule has 29 heteroatoms. The first-order valence-corrected chi connectivity index (χ1v) is 37.4. The molecule has 6 rings (SSSR count). The normalized spacial score (nSPS) is 30.5. The summed E-state index contributed by atoms with van der Waals surface area (Å²) < 4.78 is 42.0. The van der Waals surface area contributed by atoms with Crippen molar-refractivity contribution in [2.45, 2.75) is 247 Å². The summed E-state index contributed by atoms with van der Waals surface area (Å²) in [5.41, 5.74) is -1.57. The quantitative estimate of drug-likeness (QED) is 0.203. The Balaban J connectivity index is 1.41. The molecule has 0 bridgehead atoms. The van der Waals surface area contributed by atoms with Crippen molar-refractivity contribution >= 4 is 98.4 Å². The van der Waals surface area contributed by atoms with Gasteiger partial charge in [-0.05, 0) is 145 Å². The Bertz CT molecular complexity index is 2880. The zero-order valence-electron chi connectivity index (χ0n) is 60.8. The van der Waals surface area contributed by atoms with E-state index >= 15 is 19.2 Å². The SMILES string of the molecule is CC[C@H](C)[C@@H]1NC(=O)[C@H](CC(C)C)N(C)C(=O)C[C@@H](C(=O)N2CCCCC2)N(C)C(=O)[C@H](C(C)C)N(C)C(=O)C2(CCCC2)NC(=O)[C@@H]2CCCN2C(=O)[C@H](CCC2CCC(C(F)(F)F)C(Cl)C2)NC(=O)CN(C)C(=O)[C@H](CC2CCC(Br)CC2)N(C)C(=O)CN(C)C(=O)CN(C)C1=O. The van der Waals surface area contributed by atoms with E-state index in [9.17, 15) is 51.5 Å². The van der Waals surface area contributed by atoms with Gasteiger partial charge < -0.3 is 60.0 Å². The van der Waals surface area contributed by atoms with E-state index in [0.29, 0.717) is 51.6 Å². The molecular formula is C70H113BrClF3N12O12. The Kier molecular flexibility index (Phi) is 30.2. The topological polar surface area (TPSA) is 270 Å². The highest BCUT2D eigenvalue weighted by molar-refractivity contribution is 9.09. The molecule has 0 aromatic carbocycles. The number of rotatable bonds is 11. The zero-order valence-corrected chi connectivity index (χ0v) is 63.1. The highest BCUT2D eigenvalue weighted by Crippen LogP contribution is 2.44. The van der Waals surface area contributed by atoms with Gasteiger partial charge in [0, 0.05) is 79.2 Å². The van der Waals surface area contributed by atoms with Crippen LogP contribution in [0.25, 0.3) is 0 Å². The summed E-state index contributed by atoms with van der Waals surface area (Å²) in [5.74, 6) is -11.1. The molecule has 0 aromatic heterocycles. The number of carbonyl (C=O) groups excluding carboxylic acids is 12. The molecule has 0 radical (unpaired) electrons. The van der Waals surface area contributed by atoms with Gasteiger partial charge in [-0.2, -0.15) is 13.2 Å². The molecule has 0 aromatic rings. The fraction of sp³-hybridized carbons (Fsp3) is 0.829. The highest BCUT2D eigenvalue weighted by Gasteiger charge is 2.52. The van der Waals surface area contributed by atoms with Crippen LogP contribution in [-0.2, 0) is 57.5 Å². The van der Waals surface area contributed by atoms with E-state index in [1.54, 1.807) is 25.7 Å². The third-order valence-electron chi connectivity index (χ3n) is 22.0. The maximum absolute atomic E-state index is 15.4. The van der Waals surface area contributed by atoms with Gasteiger partial charge in [0.1, 0.15) is 47.8 Å². The van der Waals surface area contributed by atoms with Gasteiger partial charge in [0.05, 0.1) is 32.0 Å². The number of amides is 12. The third-order valence-corrected chi connectivity index (χ3v) is 23.4. The molecule has 24 nitrogen and oxygen atoms in total. The molecular weight excluding hydrogens is 1370 g/mol. The van der Waals surface area contributed by atoms with Crippen molar-refractivity contribution in [3.8, 4) is 0 Å². The number of carbonyl (C=O) groups is 12. The van der Waals surface area contributed by atoms with Crippen molar-refractivity contribution in [1.29, 1.82) is 0 Å². The monoisotopic (exact) mass is 1480 g/mol. The van der Waals surface area contributed by atoms with Crippen molar-refractivity contribution in [2.75, 3.05) is 88.6 Å². The number of likely N-dealkylation sites (tertiary alicyclic amines) is 1. The van der Waals surface area contributed by atoms with Crippen LogP contribution in [0, 0.1) is 35.5 Å². The predicted molar refractivity (Wildman–Crippen MR) is 371 cm³/mol. The average molecular weight is 1490 g/mol. The largest absolute Gasteiger partial charge is 0.393 e. The fourth-order valence-electron chi connectivity index (χ4n) is 15.5. The minimum atomic E-state index is -4.51. The predicted octanol–water partition coefficient (Wildman–Crippen LogP) is 5.93. The standard InChI is InChI=1S/C70H113BrClF3N12O12/c1-14-44(6)59-66(97)81(9)40-57(90)79(7)41-58(91)83(11)53(37-46-22-26-47(71)27-23-46)64(95)80(8)39-55(88)76-50(29-25-45-24-28-48(49(72)36-45)70(73,74)75)63(94)87-34-20-21-51(87)62(93)78-69(30-16-17-31-69)68(99)85(13)60(43(4)5)67(98)84(12)54(65(96)86-32-18-15-19-33-86)38-56(89)82(10)52(35-42(2)3)61(92)77-59/h42-54,59-60H,14-41H2,1-13H3,(H,76,88)(H,77,92)(H,78,93)/t44-,45?,46?,47?,48?,49?,50-,51-,52-,53-,54-,59-,60-/m0/s1. The van der Waals surface area contributed by atoms with Gasteiger partial charge in [-0.3, -0.25) is 57.5 Å². The number of hydrogen-bond acceptors (Lipinski definition) is 12. The summed E-state index contributed by atoms with van der Waals surface area (Å²) in [6.45, 7) is 9.94. The average Bonchev–Trinajstić information content (AvgIpc) is 1.77. The molecule has 99 heavy (non-hydrogen) atoms. The van der Waals surface area contributed by atoms with E-state index in [4.69, 9.17) is 11.6 Å². The molecule has 560 valence electrons. The summed E-state index contributed by atoms with van der Waals surface area (Å²) in [6.07, 6.45) is 2.87. The molecule has 3 aliphatic carbocycles. The summed E-state index contributed by atoms with van der Waals surface area (Å²) >= 11 is 10.1. The number of alkyl halides is 5. The second kappa shape index (κ2) is 36.4. The molecule has 6 fully saturated rings. The molecule has 12 amide bonds. The van der Waals surface area contributed by atoms with Crippen LogP contribution in [0.15, 0.2) is 0 Å². The molecule has 3 saturated carbocycles. The fourth-order valence-corrected chi connectivity index (χ4v) is 16.6. The number of piperidine rings is 1. The smallest absolute Gasteiger partial charge is 0.343 e. The van der Waals surface area contributed by atoms with Crippen LogP contribution in [0.3, 0.4) is 0 Å². The lowest BCUT2D eigenvalue weighted by atomic mass is 9.78. The molecule has 3 N–H and O–H groups in total. The lowest BCUT2D eigenvalue weighted by Gasteiger charge is -2.42. The van der Waals surface area contributed by atoms with Crippen LogP contribution in [0.1, 0.15) is 183 Å². The van der Waals surface area contributed by atoms with E-state index in [1.807, 2.05) is 20.8 Å². The number of fused-ring (bicyclic) bond motifs is 1. The van der Waals surface area contributed by atoms with Crippen molar-refractivity contribution in [2.24, 2.45) is 35.5 Å². The van der Waals surface area contributed by atoms with Gasteiger partial charge in [-0.25, -0.2) is 0 Å². The Morgan fingerprint density at radius 1 is 0.616 bits per heavy atom. The van der Waals surface area contributed by atoms with E-state index in [1.165, 1.54) is 73.8 Å². The summed E-state index contributed by atoms with van der Waals surface area (Å²) in [7, 11) is 9.91. The summed E-state index contributed by atoms with van der Waals surface area (Å²) in [5, 5.41) is 7.54.